The van der Waals surface area contributed by atoms with Crippen LogP contribution in [-0.2, 0) is 6.42 Å². The van der Waals surface area contributed by atoms with Gasteiger partial charge in [0, 0.05) is 27.9 Å². The predicted molar refractivity (Wildman–Crippen MR) is 84.2 cm³/mol. The van der Waals surface area contributed by atoms with Gasteiger partial charge in [0.05, 0.1) is 0 Å². The molecule has 1 heterocycles. The second kappa shape index (κ2) is 5.98. The highest BCUT2D eigenvalue weighted by atomic mass is 35.5. The molecule has 0 atom stereocenters. The molecule has 0 saturated carbocycles. The van der Waals surface area contributed by atoms with Crippen LogP contribution in [0.5, 0.6) is 5.75 Å². The van der Waals surface area contributed by atoms with Crippen molar-refractivity contribution in [3.8, 4) is 5.75 Å². The standard InChI is InChI=1S/C16H10Cl2F3NO/c17-10-4-5-12-13(15(18)22-14(12)8-10)7-9-2-1-3-11(6-9)23-16(19,20)21/h1-6,8,22H,7H2. The van der Waals surface area contributed by atoms with Crippen LogP contribution < -0.4 is 4.74 Å². The van der Waals surface area contributed by atoms with Crippen LogP contribution in [0.15, 0.2) is 42.5 Å². The van der Waals surface area contributed by atoms with E-state index in [-0.39, 0.29) is 5.75 Å². The molecule has 1 aromatic heterocycles. The number of hydrogen-bond donors (Lipinski definition) is 1. The zero-order valence-electron chi connectivity index (χ0n) is 11.5. The van der Waals surface area contributed by atoms with Crippen LogP contribution in [0.4, 0.5) is 13.2 Å². The molecule has 0 bridgehead atoms. The van der Waals surface area contributed by atoms with E-state index in [9.17, 15) is 13.2 Å². The van der Waals surface area contributed by atoms with Gasteiger partial charge in [0.2, 0.25) is 0 Å². The minimum atomic E-state index is -4.71. The summed E-state index contributed by atoms with van der Waals surface area (Å²) in [6.45, 7) is 0. The van der Waals surface area contributed by atoms with Gasteiger partial charge in [0.1, 0.15) is 10.9 Å². The molecule has 2 nitrogen and oxygen atoms in total. The summed E-state index contributed by atoms with van der Waals surface area (Å²) in [6, 6.07) is 11.1. The maximum atomic E-state index is 12.3. The zero-order chi connectivity index (χ0) is 16.6. The molecule has 0 radical (unpaired) electrons. The number of fused-ring (bicyclic) bond motifs is 1. The fraction of sp³-hybridized carbons (Fsp3) is 0.125. The summed E-state index contributed by atoms with van der Waals surface area (Å²) < 4.78 is 40.8. The van der Waals surface area contributed by atoms with Gasteiger partial charge in [-0.3, -0.25) is 0 Å². The van der Waals surface area contributed by atoms with Gasteiger partial charge in [-0.2, -0.15) is 0 Å². The third kappa shape index (κ3) is 3.74. The van der Waals surface area contributed by atoms with Gasteiger partial charge in [-0.1, -0.05) is 41.4 Å². The van der Waals surface area contributed by atoms with Gasteiger partial charge < -0.3 is 9.72 Å². The largest absolute Gasteiger partial charge is 0.573 e. The number of benzene rings is 2. The van der Waals surface area contributed by atoms with Crippen molar-refractivity contribution in [1.82, 2.24) is 4.98 Å². The van der Waals surface area contributed by atoms with E-state index in [0.29, 0.717) is 22.2 Å². The van der Waals surface area contributed by atoms with Crippen LogP contribution >= 0.6 is 23.2 Å². The molecule has 23 heavy (non-hydrogen) atoms. The monoisotopic (exact) mass is 359 g/mol. The van der Waals surface area contributed by atoms with Crippen molar-refractivity contribution in [2.24, 2.45) is 0 Å². The molecule has 0 spiro atoms. The molecule has 0 fully saturated rings. The van der Waals surface area contributed by atoms with Crippen LogP contribution in [-0.4, -0.2) is 11.3 Å². The fourth-order valence-electron chi connectivity index (χ4n) is 2.42. The Balaban J connectivity index is 1.93. The first kappa shape index (κ1) is 16.0. The fourth-order valence-corrected chi connectivity index (χ4v) is 2.87. The Morgan fingerprint density at radius 3 is 2.57 bits per heavy atom. The Kier molecular flexibility index (Phi) is 4.17. The zero-order valence-corrected chi connectivity index (χ0v) is 13.1. The van der Waals surface area contributed by atoms with Gasteiger partial charge in [0.15, 0.2) is 0 Å². The minimum Gasteiger partial charge on any atom is -0.406 e. The summed E-state index contributed by atoms with van der Waals surface area (Å²) in [4.78, 5) is 3.01. The number of alkyl halides is 3. The van der Waals surface area contributed by atoms with Crippen LogP contribution in [0, 0.1) is 0 Å². The van der Waals surface area contributed by atoms with Crippen LogP contribution in [0.3, 0.4) is 0 Å². The number of rotatable bonds is 3. The van der Waals surface area contributed by atoms with Crippen molar-refractivity contribution >= 4 is 34.1 Å². The Labute approximate surface area is 139 Å². The molecule has 7 heteroatoms. The number of ether oxygens (including phenoxy) is 1. The second-order valence-corrected chi connectivity index (χ2v) is 5.79. The van der Waals surface area contributed by atoms with Gasteiger partial charge in [0.25, 0.3) is 0 Å². The Hall–Kier alpha value is -1.85. The van der Waals surface area contributed by atoms with Crippen LogP contribution in [0.25, 0.3) is 10.9 Å². The molecule has 0 unspecified atom stereocenters. The maximum Gasteiger partial charge on any atom is 0.573 e. The first-order valence-corrected chi connectivity index (χ1v) is 7.38. The number of hydrogen-bond acceptors (Lipinski definition) is 1. The highest BCUT2D eigenvalue weighted by molar-refractivity contribution is 6.33. The van der Waals surface area contributed by atoms with Gasteiger partial charge in [-0.05, 0) is 29.8 Å². The Morgan fingerprint density at radius 1 is 1.04 bits per heavy atom. The molecule has 0 aliphatic carbocycles. The third-order valence-corrected chi connectivity index (χ3v) is 3.89. The van der Waals surface area contributed by atoms with Crippen LogP contribution in [0.1, 0.15) is 11.1 Å². The average molecular weight is 360 g/mol. The van der Waals surface area contributed by atoms with Crippen molar-refractivity contribution in [2.45, 2.75) is 12.8 Å². The topological polar surface area (TPSA) is 25.0 Å². The molecule has 0 aliphatic rings. The van der Waals surface area contributed by atoms with Gasteiger partial charge in [-0.25, -0.2) is 0 Å². The van der Waals surface area contributed by atoms with Crippen molar-refractivity contribution in [3.63, 3.8) is 0 Å². The predicted octanol–water partition coefficient (Wildman–Crippen LogP) is 5.96. The Morgan fingerprint density at radius 2 is 1.83 bits per heavy atom. The first-order chi connectivity index (χ1) is 10.8. The molecular weight excluding hydrogens is 350 g/mol. The summed E-state index contributed by atoms with van der Waals surface area (Å²) in [5, 5.41) is 1.88. The summed E-state index contributed by atoms with van der Waals surface area (Å²) in [5.74, 6) is -0.256. The van der Waals surface area contributed by atoms with E-state index in [2.05, 4.69) is 9.72 Å². The van der Waals surface area contributed by atoms with Gasteiger partial charge >= 0.3 is 6.36 Å². The van der Waals surface area contributed by atoms with E-state index < -0.39 is 6.36 Å². The molecule has 120 valence electrons. The lowest BCUT2D eigenvalue weighted by atomic mass is 10.0. The summed E-state index contributed by atoms with van der Waals surface area (Å²) in [7, 11) is 0. The number of H-pyrrole nitrogens is 1. The number of nitrogens with one attached hydrogen (secondary N) is 1. The van der Waals surface area contributed by atoms with E-state index in [1.54, 1.807) is 18.2 Å². The highest BCUT2D eigenvalue weighted by Gasteiger charge is 2.31. The maximum absolute atomic E-state index is 12.3. The minimum absolute atomic E-state index is 0.256. The average Bonchev–Trinajstić information content (AvgIpc) is 2.73. The molecule has 0 aliphatic heterocycles. The van der Waals surface area contributed by atoms with E-state index in [0.717, 1.165) is 16.5 Å². The Bertz CT molecular complexity index is 858. The third-order valence-electron chi connectivity index (χ3n) is 3.33. The van der Waals surface area contributed by atoms with Crippen molar-refractivity contribution < 1.29 is 17.9 Å². The van der Waals surface area contributed by atoms with Crippen molar-refractivity contribution in [1.29, 1.82) is 0 Å². The van der Waals surface area contributed by atoms with E-state index in [1.165, 1.54) is 18.2 Å². The summed E-state index contributed by atoms with van der Waals surface area (Å²) in [5.41, 5.74) is 2.23. The molecule has 3 rings (SSSR count). The first-order valence-electron chi connectivity index (χ1n) is 6.62. The van der Waals surface area contributed by atoms with Crippen LogP contribution in [0.2, 0.25) is 10.2 Å². The highest BCUT2D eigenvalue weighted by Crippen LogP contribution is 2.31. The second-order valence-electron chi connectivity index (χ2n) is 4.98. The molecular formula is C16H10Cl2F3NO. The lowest BCUT2D eigenvalue weighted by molar-refractivity contribution is -0.274. The lowest BCUT2D eigenvalue weighted by Crippen LogP contribution is -2.17. The normalized spacial score (nSPS) is 11.9. The molecule has 1 N–H and O–H groups in total. The lowest BCUT2D eigenvalue weighted by Gasteiger charge is -2.10. The summed E-state index contributed by atoms with van der Waals surface area (Å²) >= 11 is 12.1. The molecule has 2 aromatic carbocycles. The van der Waals surface area contributed by atoms with Gasteiger partial charge in [-0.15, -0.1) is 13.2 Å². The SMILES string of the molecule is FC(F)(F)Oc1cccc(Cc2c(Cl)[nH]c3cc(Cl)ccc23)c1. The van der Waals surface area contributed by atoms with Crippen molar-refractivity contribution in [3.05, 3.63) is 63.8 Å². The molecule has 0 saturated heterocycles. The quantitative estimate of drug-likeness (QED) is 0.612. The van der Waals surface area contributed by atoms with Crippen molar-refractivity contribution in [2.75, 3.05) is 0 Å². The van der Waals surface area contributed by atoms with E-state index in [1.807, 2.05) is 6.07 Å². The van der Waals surface area contributed by atoms with E-state index >= 15 is 0 Å². The number of halogens is 5. The number of aromatic amines is 1. The smallest absolute Gasteiger partial charge is 0.406 e. The molecule has 3 aromatic rings. The molecule has 0 amide bonds. The van der Waals surface area contributed by atoms with E-state index in [4.69, 9.17) is 23.2 Å². The summed E-state index contributed by atoms with van der Waals surface area (Å²) in [6.07, 6.45) is -4.34. The number of aromatic nitrogens is 1.